The summed E-state index contributed by atoms with van der Waals surface area (Å²) in [4.78, 5) is 26.5. The molecule has 100 valence electrons. The van der Waals surface area contributed by atoms with Gasteiger partial charge in [0.1, 0.15) is 12.3 Å². The second kappa shape index (κ2) is 5.01. The minimum atomic E-state index is -1.04. The highest BCUT2D eigenvalue weighted by Crippen LogP contribution is 2.23. The monoisotopic (exact) mass is 262 g/mol. The number of carbonyl (C=O) groups is 2. The maximum Gasteiger partial charge on any atom is 0.323 e. The van der Waals surface area contributed by atoms with Crippen LogP contribution in [0, 0.1) is 0 Å². The highest BCUT2D eigenvalue weighted by atomic mass is 16.4. The number of aromatic amines is 1. The van der Waals surface area contributed by atoms with E-state index in [-0.39, 0.29) is 24.6 Å². The van der Waals surface area contributed by atoms with Crippen molar-refractivity contribution in [3.63, 3.8) is 0 Å². The van der Waals surface area contributed by atoms with Gasteiger partial charge in [-0.2, -0.15) is 0 Å². The summed E-state index contributed by atoms with van der Waals surface area (Å²) in [6, 6.07) is 4.84. The van der Waals surface area contributed by atoms with E-state index in [0.29, 0.717) is 0 Å². The number of hydrogen-bond acceptors (Lipinski definition) is 3. The minimum absolute atomic E-state index is 0.120. The van der Waals surface area contributed by atoms with Crippen molar-refractivity contribution in [3.8, 4) is 5.75 Å². The van der Waals surface area contributed by atoms with E-state index < -0.39 is 5.97 Å². The molecule has 6 nitrogen and oxygen atoms in total. The van der Waals surface area contributed by atoms with Crippen LogP contribution in [0.2, 0.25) is 0 Å². The van der Waals surface area contributed by atoms with Crippen molar-refractivity contribution < 1.29 is 19.8 Å². The largest absolute Gasteiger partial charge is 0.508 e. The molecule has 0 fully saturated rings. The summed E-state index contributed by atoms with van der Waals surface area (Å²) in [5.41, 5.74) is 1.51. The number of benzene rings is 1. The predicted octanol–water partition coefficient (Wildman–Crippen LogP) is 0.959. The Balaban J connectivity index is 2.17. The fourth-order valence-electron chi connectivity index (χ4n) is 1.91. The van der Waals surface area contributed by atoms with Crippen LogP contribution in [-0.4, -0.2) is 45.6 Å². The van der Waals surface area contributed by atoms with E-state index in [1.54, 1.807) is 24.4 Å². The molecule has 0 unspecified atom stereocenters. The van der Waals surface area contributed by atoms with Crippen LogP contribution in [0.3, 0.4) is 0 Å². The standard InChI is InChI=1S/C13H14N2O4/c1-15(7-13(18)19)12(17)4-8-6-14-11-5-9(16)2-3-10(8)11/h2-3,5-6,14,16H,4,7H2,1H3,(H,18,19). The number of carbonyl (C=O) groups excluding carboxylic acids is 1. The van der Waals surface area contributed by atoms with Crippen molar-refractivity contribution in [1.29, 1.82) is 0 Å². The van der Waals surface area contributed by atoms with Crippen LogP contribution in [0.4, 0.5) is 0 Å². The molecule has 2 rings (SSSR count). The minimum Gasteiger partial charge on any atom is -0.508 e. The molecule has 1 aromatic heterocycles. The Morgan fingerprint density at radius 3 is 2.79 bits per heavy atom. The first-order valence-electron chi connectivity index (χ1n) is 5.72. The second-order valence-corrected chi connectivity index (χ2v) is 4.36. The molecule has 0 aliphatic carbocycles. The zero-order chi connectivity index (χ0) is 14.0. The molecule has 2 aromatic rings. The summed E-state index contributed by atoms with van der Waals surface area (Å²) >= 11 is 0. The van der Waals surface area contributed by atoms with Crippen LogP contribution in [-0.2, 0) is 16.0 Å². The molecule has 0 radical (unpaired) electrons. The lowest BCUT2D eigenvalue weighted by Crippen LogP contribution is -2.32. The van der Waals surface area contributed by atoms with E-state index in [2.05, 4.69) is 4.98 Å². The summed E-state index contributed by atoms with van der Waals surface area (Å²) in [6.07, 6.45) is 1.81. The average molecular weight is 262 g/mol. The Kier molecular flexibility index (Phi) is 3.41. The SMILES string of the molecule is CN(CC(=O)O)C(=O)Cc1c[nH]c2cc(O)ccc12. The number of carboxylic acid groups (broad SMARTS) is 1. The number of phenols is 1. The van der Waals surface area contributed by atoms with E-state index in [9.17, 15) is 14.7 Å². The van der Waals surface area contributed by atoms with Gasteiger partial charge in [-0.1, -0.05) is 0 Å². The number of amides is 1. The van der Waals surface area contributed by atoms with E-state index in [0.717, 1.165) is 16.5 Å². The third-order valence-corrected chi connectivity index (χ3v) is 2.89. The molecule has 1 heterocycles. The second-order valence-electron chi connectivity index (χ2n) is 4.36. The summed E-state index contributed by atoms with van der Waals surface area (Å²) < 4.78 is 0. The number of carboxylic acids is 1. The van der Waals surface area contributed by atoms with E-state index in [4.69, 9.17) is 5.11 Å². The average Bonchev–Trinajstić information content (AvgIpc) is 2.70. The molecule has 0 spiro atoms. The Labute approximate surface area is 109 Å². The number of likely N-dealkylation sites (N-methyl/N-ethyl adjacent to an activating group) is 1. The lowest BCUT2D eigenvalue weighted by atomic mass is 10.1. The number of fused-ring (bicyclic) bond motifs is 1. The van der Waals surface area contributed by atoms with Gasteiger partial charge >= 0.3 is 5.97 Å². The molecular weight excluding hydrogens is 248 g/mol. The Hall–Kier alpha value is -2.50. The molecule has 3 N–H and O–H groups in total. The summed E-state index contributed by atoms with van der Waals surface area (Å²) in [5.74, 6) is -1.16. The molecule has 0 atom stereocenters. The molecule has 0 saturated carbocycles. The van der Waals surface area contributed by atoms with Crippen molar-refractivity contribution in [2.24, 2.45) is 0 Å². The molecule has 1 aromatic carbocycles. The lowest BCUT2D eigenvalue weighted by molar-refractivity contribution is -0.143. The number of phenolic OH excluding ortho intramolecular Hbond substituents is 1. The first kappa shape index (κ1) is 12.9. The zero-order valence-electron chi connectivity index (χ0n) is 10.4. The van der Waals surface area contributed by atoms with E-state index >= 15 is 0 Å². The van der Waals surface area contributed by atoms with Gasteiger partial charge in [0.2, 0.25) is 5.91 Å². The third kappa shape index (κ3) is 2.85. The maximum atomic E-state index is 11.9. The highest BCUT2D eigenvalue weighted by molar-refractivity contribution is 5.90. The van der Waals surface area contributed by atoms with Crippen LogP contribution in [0.15, 0.2) is 24.4 Å². The maximum absolute atomic E-state index is 11.9. The molecule has 19 heavy (non-hydrogen) atoms. The van der Waals surface area contributed by atoms with Crippen molar-refractivity contribution in [2.75, 3.05) is 13.6 Å². The fraction of sp³-hybridized carbons (Fsp3) is 0.231. The van der Waals surface area contributed by atoms with Gasteiger partial charge in [0.05, 0.1) is 6.42 Å². The number of aliphatic carboxylic acids is 1. The molecular formula is C13H14N2O4. The van der Waals surface area contributed by atoms with Gasteiger partial charge in [0, 0.05) is 30.2 Å². The number of aromatic nitrogens is 1. The Bertz CT molecular complexity index is 633. The first-order chi connectivity index (χ1) is 8.97. The molecule has 0 bridgehead atoms. The molecule has 0 aliphatic rings. The van der Waals surface area contributed by atoms with Gasteiger partial charge in [-0.15, -0.1) is 0 Å². The first-order valence-corrected chi connectivity index (χ1v) is 5.72. The van der Waals surface area contributed by atoms with E-state index in [1.165, 1.54) is 11.9 Å². The van der Waals surface area contributed by atoms with Gasteiger partial charge in [0.25, 0.3) is 0 Å². The topological polar surface area (TPSA) is 93.6 Å². The number of H-pyrrole nitrogens is 1. The van der Waals surface area contributed by atoms with Gasteiger partial charge in [-0.05, 0) is 17.7 Å². The number of aromatic hydroxyl groups is 1. The van der Waals surface area contributed by atoms with Gasteiger partial charge in [-0.25, -0.2) is 0 Å². The Morgan fingerprint density at radius 2 is 2.11 bits per heavy atom. The summed E-state index contributed by atoms with van der Waals surface area (Å²) in [6.45, 7) is -0.317. The molecule has 0 aliphatic heterocycles. The zero-order valence-corrected chi connectivity index (χ0v) is 10.4. The normalized spacial score (nSPS) is 10.6. The van der Waals surface area contributed by atoms with Crippen LogP contribution in [0.5, 0.6) is 5.75 Å². The number of hydrogen-bond donors (Lipinski definition) is 3. The fourth-order valence-corrected chi connectivity index (χ4v) is 1.91. The van der Waals surface area contributed by atoms with Gasteiger partial charge in [-0.3, -0.25) is 9.59 Å². The van der Waals surface area contributed by atoms with Crippen LogP contribution < -0.4 is 0 Å². The highest BCUT2D eigenvalue weighted by Gasteiger charge is 2.14. The smallest absolute Gasteiger partial charge is 0.323 e. The number of nitrogens with zero attached hydrogens (tertiary/aromatic N) is 1. The van der Waals surface area contributed by atoms with Crippen molar-refractivity contribution >= 4 is 22.8 Å². The summed E-state index contributed by atoms with van der Waals surface area (Å²) in [5, 5.41) is 18.8. The summed E-state index contributed by atoms with van der Waals surface area (Å²) in [7, 11) is 1.46. The van der Waals surface area contributed by atoms with Crippen LogP contribution >= 0.6 is 0 Å². The van der Waals surface area contributed by atoms with Gasteiger partial charge < -0.3 is 20.1 Å². The van der Waals surface area contributed by atoms with Crippen molar-refractivity contribution in [2.45, 2.75) is 6.42 Å². The molecule has 0 saturated heterocycles. The quantitative estimate of drug-likeness (QED) is 0.765. The van der Waals surface area contributed by atoms with Crippen molar-refractivity contribution in [1.82, 2.24) is 9.88 Å². The Morgan fingerprint density at radius 1 is 1.37 bits per heavy atom. The number of rotatable bonds is 4. The van der Waals surface area contributed by atoms with Crippen LogP contribution in [0.1, 0.15) is 5.56 Å². The predicted molar refractivity (Wildman–Crippen MR) is 68.9 cm³/mol. The third-order valence-electron chi connectivity index (χ3n) is 2.89. The molecule has 1 amide bonds. The van der Waals surface area contributed by atoms with Crippen molar-refractivity contribution in [3.05, 3.63) is 30.0 Å². The van der Waals surface area contributed by atoms with Gasteiger partial charge in [0.15, 0.2) is 0 Å². The lowest BCUT2D eigenvalue weighted by Gasteiger charge is -2.13. The number of nitrogens with one attached hydrogen (secondary N) is 1. The molecule has 6 heteroatoms. The van der Waals surface area contributed by atoms with E-state index in [1.807, 2.05) is 0 Å². The van der Waals surface area contributed by atoms with Crippen LogP contribution in [0.25, 0.3) is 10.9 Å².